The van der Waals surface area contributed by atoms with Crippen LogP contribution < -0.4 is 0 Å². The predicted octanol–water partition coefficient (Wildman–Crippen LogP) is 5.02. The Bertz CT molecular complexity index is 1120. The van der Waals surface area contributed by atoms with Gasteiger partial charge in [0.05, 0.1) is 24.0 Å². The number of fused-ring (bicyclic) bond motifs is 1. The van der Waals surface area contributed by atoms with Crippen LogP contribution in [0.25, 0.3) is 22.2 Å². The van der Waals surface area contributed by atoms with E-state index in [9.17, 15) is 4.39 Å². The average molecular weight is 378 g/mol. The van der Waals surface area contributed by atoms with Crippen LogP contribution in [0.2, 0.25) is 0 Å². The number of pyridine rings is 2. The van der Waals surface area contributed by atoms with Crippen LogP contribution in [-0.4, -0.2) is 25.8 Å². The lowest BCUT2D eigenvalue weighted by Crippen LogP contribution is -2.07. The SMILES string of the molecule is CSc1cnc(Cn2c(C)nc3cnc(C)c(-c4ccccc4)c32)c(F)c1. The van der Waals surface area contributed by atoms with Crippen molar-refractivity contribution < 1.29 is 4.39 Å². The third kappa shape index (κ3) is 3.21. The highest BCUT2D eigenvalue weighted by Gasteiger charge is 2.18. The molecule has 0 radical (unpaired) electrons. The minimum Gasteiger partial charge on any atom is -0.321 e. The van der Waals surface area contributed by atoms with Gasteiger partial charge in [0.15, 0.2) is 0 Å². The van der Waals surface area contributed by atoms with Crippen molar-refractivity contribution in [3.8, 4) is 11.1 Å². The van der Waals surface area contributed by atoms with Crippen LogP contribution in [0.4, 0.5) is 4.39 Å². The second-order valence-corrected chi connectivity index (χ2v) is 7.25. The fourth-order valence-electron chi connectivity index (χ4n) is 3.30. The van der Waals surface area contributed by atoms with Crippen LogP contribution in [0.3, 0.4) is 0 Å². The number of benzene rings is 1. The van der Waals surface area contributed by atoms with E-state index in [0.717, 1.165) is 38.6 Å². The van der Waals surface area contributed by atoms with E-state index in [-0.39, 0.29) is 5.82 Å². The molecule has 4 rings (SSSR count). The summed E-state index contributed by atoms with van der Waals surface area (Å²) >= 11 is 1.48. The smallest absolute Gasteiger partial charge is 0.147 e. The molecule has 6 heteroatoms. The number of imidazole rings is 1. The van der Waals surface area contributed by atoms with E-state index in [1.165, 1.54) is 17.8 Å². The minimum absolute atomic E-state index is 0.296. The van der Waals surface area contributed by atoms with Crippen molar-refractivity contribution in [3.05, 3.63) is 71.8 Å². The third-order valence-electron chi connectivity index (χ3n) is 4.66. The molecule has 3 aromatic heterocycles. The first-order chi connectivity index (χ1) is 13.1. The van der Waals surface area contributed by atoms with Crippen molar-refractivity contribution >= 4 is 22.8 Å². The highest BCUT2D eigenvalue weighted by Crippen LogP contribution is 2.32. The summed E-state index contributed by atoms with van der Waals surface area (Å²) in [6.07, 6.45) is 5.40. The largest absolute Gasteiger partial charge is 0.321 e. The molecule has 0 spiro atoms. The number of aromatic nitrogens is 4. The van der Waals surface area contributed by atoms with E-state index < -0.39 is 0 Å². The quantitative estimate of drug-likeness (QED) is 0.468. The first-order valence-corrected chi connectivity index (χ1v) is 9.87. The second kappa shape index (κ2) is 7.12. The molecule has 0 saturated carbocycles. The molecule has 0 aliphatic rings. The monoisotopic (exact) mass is 378 g/mol. The van der Waals surface area contributed by atoms with Gasteiger partial charge < -0.3 is 4.57 Å². The van der Waals surface area contributed by atoms with E-state index in [2.05, 4.69) is 27.1 Å². The molecule has 136 valence electrons. The van der Waals surface area contributed by atoms with Crippen molar-refractivity contribution in [2.24, 2.45) is 0 Å². The van der Waals surface area contributed by atoms with Gasteiger partial charge in [0.25, 0.3) is 0 Å². The Hall–Kier alpha value is -2.73. The number of hydrogen-bond donors (Lipinski definition) is 0. The van der Waals surface area contributed by atoms with Gasteiger partial charge in [-0.05, 0) is 31.7 Å². The maximum Gasteiger partial charge on any atom is 0.147 e. The number of thioether (sulfide) groups is 1. The van der Waals surface area contributed by atoms with Gasteiger partial charge in [-0.2, -0.15) is 0 Å². The first-order valence-electron chi connectivity index (χ1n) is 8.64. The summed E-state index contributed by atoms with van der Waals surface area (Å²) in [5, 5.41) is 0. The van der Waals surface area contributed by atoms with Crippen molar-refractivity contribution in [1.82, 2.24) is 19.5 Å². The number of rotatable bonds is 4. The molecule has 0 atom stereocenters. The molecule has 0 unspecified atom stereocenters. The molecular weight excluding hydrogens is 359 g/mol. The van der Waals surface area contributed by atoms with E-state index in [0.29, 0.717) is 12.2 Å². The van der Waals surface area contributed by atoms with Gasteiger partial charge in [-0.15, -0.1) is 11.8 Å². The molecule has 0 aliphatic carbocycles. The van der Waals surface area contributed by atoms with Crippen LogP contribution in [0.1, 0.15) is 17.2 Å². The molecule has 0 amide bonds. The fraction of sp³-hybridized carbons (Fsp3) is 0.190. The number of hydrogen-bond acceptors (Lipinski definition) is 4. The predicted molar refractivity (Wildman–Crippen MR) is 108 cm³/mol. The van der Waals surface area contributed by atoms with Gasteiger partial charge in [0.2, 0.25) is 0 Å². The topological polar surface area (TPSA) is 43.6 Å². The normalized spacial score (nSPS) is 11.3. The molecule has 1 aromatic carbocycles. The van der Waals surface area contributed by atoms with Gasteiger partial charge in [0, 0.05) is 22.3 Å². The molecule has 27 heavy (non-hydrogen) atoms. The van der Waals surface area contributed by atoms with Crippen LogP contribution in [0.15, 0.2) is 53.7 Å². The second-order valence-electron chi connectivity index (χ2n) is 6.37. The zero-order valence-electron chi connectivity index (χ0n) is 15.4. The van der Waals surface area contributed by atoms with Crippen LogP contribution in [0, 0.1) is 19.7 Å². The van der Waals surface area contributed by atoms with E-state index in [4.69, 9.17) is 0 Å². The van der Waals surface area contributed by atoms with Crippen molar-refractivity contribution in [3.63, 3.8) is 0 Å². The summed E-state index contributed by atoms with van der Waals surface area (Å²) in [6, 6.07) is 11.6. The zero-order chi connectivity index (χ0) is 19.0. The summed E-state index contributed by atoms with van der Waals surface area (Å²) in [6.45, 7) is 4.24. The Morgan fingerprint density at radius 1 is 1.07 bits per heavy atom. The van der Waals surface area contributed by atoms with Crippen LogP contribution in [-0.2, 0) is 6.54 Å². The third-order valence-corrected chi connectivity index (χ3v) is 5.36. The van der Waals surface area contributed by atoms with Gasteiger partial charge in [0.1, 0.15) is 17.2 Å². The molecule has 0 N–H and O–H groups in total. The fourth-order valence-corrected chi connectivity index (χ4v) is 3.68. The standard InChI is InChI=1S/C21H19FN4S/c1-13-20(15-7-5-4-6-8-15)21-18(11-23-13)25-14(2)26(21)12-19-17(22)9-16(27-3)10-24-19/h4-11H,12H2,1-3H3. The Labute approximate surface area is 161 Å². The first kappa shape index (κ1) is 17.7. The average Bonchev–Trinajstić information content (AvgIpc) is 2.99. The van der Waals surface area contributed by atoms with Gasteiger partial charge in [-0.1, -0.05) is 30.3 Å². The van der Waals surface area contributed by atoms with E-state index in [1.807, 2.05) is 42.9 Å². The summed E-state index contributed by atoms with van der Waals surface area (Å²) in [5.74, 6) is 0.514. The van der Waals surface area contributed by atoms with E-state index in [1.54, 1.807) is 12.4 Å². The van der Waals surface area contributed by atoms with Gasteiger partial charge in [-0.3, -0.25) is 9.97 Å². The summed E-state index contributed by atoms with van der Waals surface area (Å²) in [7, 11) is 0. The summed E-state index contributed by atoms with van der Waals surface area (Å²) in [4.78, 5) is 14.3. The Balaban J connectivity index is 1.91. The Morgan fingerprint density at radius 3 is 2.56 bits per heavy atom. The van der Waals surface area contributed by atoms with Gasteiger partial charge in [-0.25, -0.2) is 9.37 Å². The molecule has 3 heterocycles. The molecule has 4 nitrogen and oxygen atoms in total. The lowest BCUT2D eigenvalue weighted by molar-refractivity contribution is 0.582. The van der Waals surface area contributed by atoms with Crippen molar-refractivity contribution in [1.29, 1.82) is 0 Å². The number of nitrogens with zero attached hydrogens (tertiary/aromatic N) is 4. The molecule has 0 aliphatic heterocycles. The number of aryl methyl sites for hydroxylation is 2. The highest BCUT2D eigenvalue weighted by molar-refractivity contribution is 7.98. The van der Waals surface area contributed by atoms with Gasteiger partial charge >= 0.3 is 0 Å². The molecule has 0 saturated heterocycles. The maximum absolute atomic E-state index is 14.5. The van der Waals surface area contributed by atoms with E-state index >= 15 is 0 Å². The maximum atomic E-state index is 14.5. The molecule has 4 aromatic rings. The Morgan fingerprint density at radius 2 is 1.85 bits per heavy atom. The zero-order valence-corrected chi connectivity index (χ0v) is 16.2. The van der Waals surface area contributed by atoms with Crippen molar-refractivity contribution in [2.75, 3.05) is 6.26 Å². The lowest BCUT2D eigenvalue weighted by atomic mass is 10.0. The highest BCUT2D eigenvalue weighted by atomic mass is 32.2. The summed E-state index contributed by atoms with van der Waals surface area (Å²) in [5.41, 5.74) is 5.18. The molecular formula is C21H19FN4S. The van der Waals surface area contributed by atoms with Crippen molar-refractivity contribution in [2.45, 2.75) is 25.3 Å². The van der Waals surface area contributed by atoms with Crippen LogP contribution >= 0.6 is 11.8 Å². The van der Waals surface area contributed by atoms with Crippen LogP contribution in [0.5, 0.6) is 0 Å². The summed E-state index contributed by atoms with van der Waals surface area (Å²) < 4.78 is 16.6. The minimum atomic E-state index is -0.296. The lowest BCUT2D eigenvalue weighted by Gasteiger charge is -2.13. The molecule has 0 fully saturated rings. The number of halogens is 1. The Kier molecular flexibility index (Phi) is 4.66. The molecule has 0 bridgehead atoms.